The van der Waals surface area contributed by atoms with Crippen LogP contribution in [0.3, 0.4) is 0 Å². The van der Waals surface area contributed by atoms with Gasteiger partial charge in [-0.25, -0.2) is 28.4 Å². The van der Waals surface area contributed by atoms with Crippen LogP contribution in [0, 0.1) is 10.8 Å². The van der Waals surface area contributed by atoms with Gasteiger partial charge in [-0.2, -0.15) is 5.10 Å². The van der Waals surface area contributed by atoms with E-state index in [4.69, 9.17) is 4.74 Å². The molecule has 2 aromatic heterocycles. The van der Waals surface area contributed by atoms with Crippen molar-refractivity contribution in [1.29, 1.82) is 0 Å². The van der Waals surface area contributed by atoms with Crippen molar-refractivity contribution in [3.05, 3.63) is 30.1 Å². The van der Waals surface area contributed by atoms with Gasteiger partial charge < -0.3 is 9.64 Å². The van der Waals surface area contributed by atoms with Gasteiger partial charge in [0.15, 0.2) is 5.82 Å². The van der Waals surface area contributed by atoms with Gasteiger partial charge in [-0.1, -0.05) is 0 Å². The molecule has 4 fully saturated rings. The molecule has 0 atom stereocenters. The molecule has 1 amide bonds. The van der Waals surface area contributed by atoms with Crippen molar-refractivity contribution in [1.82, 2.24) is 29.6 Å². The van der Waals surface area contributed by atoms with Crippen molar-refractivity contribution >= 4 is 5.91 Å². The van der Waals surface area contributed by atoms with Crippen LogP contribution in [-0.2, 0) is 0 Å². The Labute approximate surface area is 189 Å². The molecular formula is C22H27F3N6O2. The number of rotatable bonds is 7. The Bertz CT molecular complexity index is 1030. The van der Waals surface area contributed by atoms with Gasteiger partial charge in [0.25, 0.3) is 11.8 Å². The number of nitrogens with zero attached hydrogens (tertiary/aromatic N) is 6. The molecule has 3 heterocycles. The number of carbonyl (C=O) groups excluding carboxylic acids is 1. The van der Waals surface area contributed by atoms with E-state index in [2.05, 4.69) is 20.1 Å². The molecule has 0 unspecified atom stereocenters. The molecule has 2 aromatic rings. The first kappa shape index (κ1) is 22.1. The second-order valence-corrected chi connectivity index (χ2v) is 10.3. The molecule has 4 aliphatic rings. The Balaban J connectivity index is 0.00000228. The van der Waals surface area contributed by atoms with Crippen LogP contribution >= 0.6 is 0 Å². The molecule has 3 saturated carbocycles. The fourth-order valence-corrected chi connectivity index (χ4v) is 5.03. The Kier molecular flexibility index (Phi) is 4.95. The highest BCUT2D eigenvalue weighted by Crippen LogP contribution is 2.56. The lowest BCUT2D eigenvalue weighted by Gasteiger charge is -2.58. The molecule has 0 aromatic carbocycles. The molecule has 8 nitrogen and oxygen atoms in total. The number of likely N-dealkylation sites (tertiary alicyclic amines) is 1. The summed E-state index contributed by atoms with van der Waals surface area (Å²) in [6.45, 7) is 2.25. The number of hydrogen-bond donors (Lipinski definition) is 0. The topological polar surface area (TPSA) is 86.0 Å². The molecule has 33 heavy (non-hydrogen) atoms. The lowest BCUT2D eigenvalue weighted by Crippen LogP contribution is -2.63. The number of ether oxygens (including phenoxy) is 1. The third kappa shape index (κ3) is 3.85. The van der Waals surface area contributed by atoms with Crippen LogP contribution in [-0.4, -0.2) is 61.2 Å². The first-order valence-electron chi connectivity index (χ1n) is 11.3. The van der Waals surface area contributed by atoms with Crippen molar-refractivity contribution < 1.29 is 23.0 Å². The Morgan fingerprint density at radius 1 is 1.18 bits per heavy atom. The normalized spacial score (nSPS) is 22.8. The summed E-state index contributed by atoms with van der Waals surface area (Å²) in [7, 11) is 0. The summed E-state index contributed by atoms with van der Waals surface area (Å²) in [6.07, 6.45) is 9.96. The summed E-state index contributed by atoms with van der Waals surface area (Å²) in [6, 6.07) is 0.398. The summed E-state index contributed by atoms with van der Waals surface area (Å²) in [5.41, 5.74) is -0.543. The average Bonchev–Trinajstić information content (AvgIpc) is 3.63. The quantitative estimate of drug-likeness (QED) is 0.625. The molecule has 0 radical (unpaired) electrons. The minimum atomic E-state index is -2.79. The van der Waals surface area contributed by atoms with Crippen LogP contribution in [0.4, 0.5) is 13.5 Å². The van der Waals surface area contributed by atoms with Gasteiger partial charge >= 0.3 is 6.01 Å². The van der Waals surface area contributed by atoms with E-state index < -0.39 is 11.3 Å². The number of aromatic nitrogens is 5. The van der Waals surface area contributed by atoms with Crippen molar-refractivity contribution in [2.24, 2.45) is 10.8 Å². The fourth-order valence-electron chi connectivity index (χ4n) is 5.03. The summed E-state index contributed by atoms with van der Waals surface area (Å²) in [5, 5.41) is 4.63. The molecule has 6 rings (SSSR count). The molecule has 11 heteroatoms. The number of alkyl halides is 2. The largest absolute Gasteiger partial charge is 0.463 e. The van der Waals surface area contributed by atoms with E-state index in [0.717, 1.165) is 38.7 Å². The van der Waals surface area contributed by atoms with Crippen LogP contribution in [0.5, 0.6) is 6.01 Å². The van der Waals surface area contributed by atoms with E-state index in [9.17, 15) is 13.6 Å². The minimum absolute atomic E-state index is 0. The molecule has 3 aliphatic carbocycles. The first-order chi connectivity index (χ1) is 15.3. The van der Waals surface area contributed by atoms with E-state index >= 15 is 0 Å². The highest BCUT2D eigenvalue weighted by Gasteiger charge is 2.60. The maximum atomic E-state index is 13.6. The van der Waals surface area contributed by atoms with Crippen molar-refractivity contribution in [3.8, 4) is 6.01 Å². The second kappa shape index (κ2) is 7.39. The predicted molar refractivity (Wildman–Crippen MR) is 111 cm³/mol. The van der Waals surface area contributed by atoms with Gasteiger partial charge in [-0.15, -0.1) is 0 Å². The molecule has 1 saturated heterocycles. The third-order valence-electron chi connectivity index (χ3n) is 7.66. The zero-order chi connectivity index (χ0) is 22.1. The first-order valence-corrected chi connectivity index (χ1v) is 11.3. The maximum Gasteiger partial charge on any atom is 0.316 e. The molecular weight excluding hydrogens is 437 g/mol. The van der Waals surface area contributed by atoms with Crippen molar-refractivity contribution in [2.75, 3.05) is 19.7 Å². The fraction of sp³-hybridized carbons (Fsp3) is 0.682. The maximum absolute atomic E-state index is 13.6. The highest BCUT2D eigenvalue weighted by molar-refractivity contribution is 5.94. The Morgan fingerprint density at radius 2 is 1.85 bits per heavy atom. The SMILES string of the molecule is CC(F)(F)C1(COc2ncc(C(=O)N3CC4(CC(n5cnc(C6CC6)n5)C4)C3)cn2)CC1.F. The van der Waals surface area contributed by atoms with Gasteiger partial charge in [0, 0.05) is 43.7 Å². The Morgan fingerprint density at radius 3 is 2.42 bits per heavy atom. The third-order valence-corrected chi connectivity index (χ3v) is 7.66. The minimum Gasteiger partial charge on any atom is -0.463 e. The van der Waals surface area contributed by atoms with Crippen LogP contribution in [0.25, 0.3) is 0 Å². The van der Waals surface area contributed by atoms with Crippen molar-refractivity contribution in [3.63, 3.8) is 0 Å². The monoisotopic (exact) mass is 464 g/mol. The molecule has 0 N–H and O–H groups in total. The molecule has 1 aliphatic heterocycles. The van der Waals surface area contributed by atoms with E-state index in [1.54, 1.807) is 0 Å². The summed E-state index contributed by atoms with van der Waals surface area (Å²) in [4.78, 5) is 27.1. The van der Waals surface area contributed by atoms with Gasteiger partial charge in [-0.05, 0) is 38.5 Å². The summed E-state index contributed by atoms with van der Waals surface area (Å²) < 4.78 is 34.7. The van der Waals surface area contributed by atoms with E-state index in [1.807, 2.05) is 15.9 Å². The standard InChI is InChI=1S/C22H26F2N6O2.FH/c1-20(23,24)22(4-5-22)12-32-19-25-8-15(9-26-19)18(31)29-10-21(11-29)6-16(7-21)30-13-27-17(28-30)14-2-3-14;/h8-9,13-14,16H,2-7,10-12H2,1H3;1H. The lowest BCUT2D eigenvalue weighted by atomic mass is 9.60. The molecule has 1 spiro atoms. The van der Waals surface area contributed by atoms with E-state index in [1.165, 1.54) is 25.2 Å². The number of halogens is 3. The molecule has 0 bridgehead atoms. The van der Waals surface area contributed by atoms with E-state index in [-0.39, 0.29) is 28.6 Å². The number of hydrogen-bond acceptors (Lipinski definition) is 6. The number of amides is 1. The molecule has 178 valence electrons. The van der Waals surface area contributed by atoms with Gasteiger partial charge in [0.2, 0.25) is 0 Å². The van der Waals surface area contributed by atoms with Gasteiger partial charge in [0.1, 0.15) is 12.9 Å². The van der Waals surface area contributed by atoms with Crippen LogP contribution in [0.2, 0.25) is 0 Å². The summed E-state index contributed by atoms with van der Waals surface area (Å²) >= 11 is 0. The zero-order valence-corrected chi connectivity index (χ0v) is 18.4. The number of carbonyl (C=O) groups is 1. The van der Waals surface area contributed by atoms with Gasteiger partial charge in [0.05, 0.1) is 17.0 Å². The predicted octanol–water partition coefficient (Wildman–Crippen LogP) is 3.39. The smallest absolute Gasteiger partial charge is 0.316 e. The Hall–Kier alpha value is -2.72. The van der Waals surface area contributed by atoms with Crippen molar-refractivity contribution in [2.45, 2.75) is 63.3 Å². The van der Waals surface area contributed by atoms with Gasteiger partial charge in [-0.3, -0.25) is 9.50 Å². The van der Waals surface area contributed by atoms with E-state index in [0.29, 0.717) is 30.4 Å². The van der Waals surface area contributed by atoms with Crippen LogP contribution < -0.4 is 4.74 Å². The second-order valence-electron chi connectivity index (χ2n) is 10.3. The van der Waals surface area contributed by atoms with Crippen LogP contribution in [0.15, 0.2) is 18.7 Å². The zero-order valence-electron chi connectivity index (χ0n) is 18.4. The average molecular weight is 464 g/mol. The lowest BCUT2D eigenvalue weighted by molar-refractivity contribution is -0.0740. The summed E-state index contributed by atoms with van der Waals surface area (Å²) in [5.74, 6) is -1.37. The van der Waals surface area contributed by atoms with Crippen LogP contribution in [0.1, 0.15) is 73.6 Å². The highest BCUT2D eigenvalue weighted by atomic mass is 19.3.